The maximum absolute atomic E-state index is 12.2. The van der Waals surface area contributed by atoms with Crippen LogP contribution in [0.2, 0.25) is 0 Å². The van der Waals surface area contributed by atoms with Crippen LogP contribution in [-0.2, 0) is 30.3 Å². The molecule has 0 spiro atoms. The molecule has 1 radical (unpaired) electrons. The van der Waals surface area contributed by atoms with Crippen LogP contribution in [0.25, 0.3) is 54.9 Å². The van der Waals surface area contributed by atoms with Crippen LogP contribution in [0.4, 0.5) is 0 Å². The van der Waals surface area contributed by atoms with Crippen molar-refractivity contribution >= 4 is 49.5 Å². The number of aromatic nitrogens is 1. The van der Waals surface area contributed by atoms with Crippen molar-refractivity contribution in [2.45, 2.75) is 100 Å². The van der Waals surface area contributed by atoms with Crippen LogP contribution >= 0.6 is 0 Å². The molecule has 0 amide bonds. The van der Waals surface area contributed by atoms with E-state index in [4.69, 9.17) is 13.8 Å². The average Bonchev–Trinajstić information content (AvgIpc) is 3.63. The van der Waals surface area contributed by atoms with Gasteiger partial charge in [-0.25, -0.2) is 0 Å². The normalized spacial score (nSPS) is 12.7. The van der Waals surface area contributed by atoms with Crippen molar-refractivity contribution in [3.05, 3.63) is 90.0 Å². The number of furan rings is 2. The fraction of sp³-hybridized carbons (Fsp3) is 0.395. The molecule has 0 aliphatic rings. The van der Waals surface area contributed by atoms with Crippen molar-refractivity contribution in [3.63, 3.8) is 0 Å². The van der Waals surface area contributed by atoms with E-state index >= 15 is 0 Å². The Labute approximate surface area is 304 Å². The Morgan fingerprint density at radius 3 is 2.10 bits per heavy atom. The molecule has 5 nitrogen and oxygen atoms in total. The summed E-state index contributed by atoms with van der Waals surface area (Å²) in [6.07, 6.45) is 6.61. The third kappa shape index (κ3) is 7.42. The van der Waals surface area contributed by atoms with Crippen molar-refractivity contribution in [3.8, 4) is 11.3 Å². The zero-order valence-corrected chi connectivity index (χ0v) is 33.0. The van der Waals surface area contributed by atoms with E-state index in [9.17, 15) is 9.90 Å². The Hall–Kier alpha value is -3.73. The summed E-state index contributed by atoms with van der Waals surface area (Å²) in [5, 5.41) is 15.6. The van der Waals surface area contributed by atoms with Crippen LogP contribution in [0.5, 0.6) is 0 Å². The number of carbonyl (C=O) groups excluding carboxylic acids is 1. The largest absolute Gasteiger partial charge is 0.512 e. The zero-order valence-electron chi connectivity index (χ0n) is 30.6. The van der Waals surface area contributed by atoms with E-state index < -0.39 is 0 Å². The first-order valence-electron chi connectivity index (χ1n) is 17.3. The molecule has 3 heterocycles. The van der Waals surface area contributed by atoms with Gasteiger partial charge in [0.25, 0.3) is 0 Å². The molecule has 0 saturated carbocycles. The number of pyridine rings is 1. The van der Waals surface area contributed by atoms with Gasteiger partial charge in [-0.15, -0.1) is 29.1 Å². The summed E-state index contributed by atoms with van der Waals surface area (Å²) >= 11 is 0. The van der Waals surface area contributed by atoms with E-state index in [1.165, 1.54) is 17.0 Å². The maximum Gasteiger partial charge on any atom is 0.164 e. The molecule has 3 aromatic heterocycles. The Morgan fingerprint density at radius 2 is 1.47 bits per heavy atom. The number of rotatable bonds is 8. The van der Waals surface area contributed by atoms with Crippen molar-refractivity contribution in [1.29, 1.82) is 0 Å². The topological polar surface area (TPSA) is 76.5 Å². The van der Waals surface area contributed by atoms with Crippen LogP contribution in [0.3, 0.4) is 0 Å². The Morgan fingerprint density at radius 1 is 0.816 bits per heavy atom. The van der Waals surface area contributed by atoms with Gasteiger partial charge in [0.15, 0.2) is 5.78 Å². The van der Waals surface area contributed by atoms with Crippen LogP contribution < -0.4 is 0 Å². The van der Waals surface area contributed by atoms with E-state index in [1.54, 1.807) is 0 Å². The number of carbonyl (C=O) groups is 1. The van der Waals surface area contributed by atoms with Gasteiger partial charge in [-0.1, -0.05) is 91.5 Å². The van der Waals surface area contributed by atoms with E-state index in [-0.39, 0.29) is 47.9 Å². The minimum Gasteiger partial charge on any atom is -0.512 e. The van der Waals surface area contributed by atoms with E-state index in [0.29, 0.717) is 0 Å². The number of fused-ring (bicyclic) bond motifs is 5. The molecular formula is C43H50IrNO4-. The summed E-state index contributed by atoms with van der Waals surface area (Å²) in [4.78, 5) is 16.9. The van der Waals surface area contributed by atoms with Gasteiger partial charge in [-0.2, -0.15) is 0 Å². The molecule has 261 valence electrons. The van der Waals surface area contributed by atoms with E-state index in [0.717, 1.165) is 81.0 Å². The van der Waals surface area contributed by atoms with E-state index in [1.807, 2.05) is 66.8 Å². The fourth-order valence-corrected chi connectivity index (χ4v) is 6.22. The second-order valence-corrected chi connectivity index (χ2v) is 14.7. The molecule has 49 heavy (non-hydrogen) atoms. The number of aryl methyl sites for hydroxylation is 1. The van der Waals surface area contributed by atoms with Gasteiger partial charge >= 0.3 is 0 Å². The van der Waals surface area contributed by atoms with Crippen LogP contribution in [0.15, 0.2) is 81.5 Å². The van der Waals surface area contributed by atoms with Gasteiger partial charge in [0, 0.05) is 65.1 Å². The SMILES string of the molecule is CCC(C)(CC)C(=O)/C=C(\O)C(C)(CC)CC.Cc1cc2cc3oc4c(-c5[c-]c6ccccc6c(C(C)(C)C)c5)nccc4c3cc2o1.[Ir]. The summed E-state index contributed by atoms with van der Waals surface area (Å²) in [7, 11) is 0. The number of aliphatic hydroxyl groups excluding tert-OH is 1. The van der Waals surface area contributed by atoms with Gasteiger partial charge in [-0.05, 0) is 62.3 Å². The van der Waals surface area contributed by atoms with Gasteiger partial charge in [0.2, 0.25) is 0 Å². The third-order valence-electron chi connectivity index (χ3n) is 10.6. The summed E-state index contributed by atoms with van der Waals surface area (Å²) in [6.45, 7) is 20.8. The maximum atomic E-state index is 12.2. The Bertz CT molecular complexity index is 2130. The molecular weight excluding hydrogens is 787 g/mol. The monoisotopic (exact) mass is 837 g/mol. The first kappa shape index (κ1) is 38.1. The third-order valence-corrected chi connectivity index (χ3v) is 10.6. The minimum atomic E-state index is -0.337. The van der Waals surface area contributed by atoms with Crippen molar-refractivity contribution in [2.24, 2.45) is 10.8 Å². The van der Waals surface area contributed by atoms with Crippen LogP contribution in [0.1, 0.15) is 99.3 Å². The number of allylic oxidation sites excluding steroid dienone is 2. The van der Waals surface area contributed by atoms with Crippen LogP contribution in [0, 0.1) is 23.8 Å². The Balaban J connectivity index is 0.000000260. The Kier molecular flexibility index (Phi) is 11.4. The molecule has 0 bridgehead atoms. The second-order valence-electron chi connectivity index (χ2n) is 14.7. The van der Waals surface area contributed by atoms with Gasteiger partial charge in [-0.3, -0.25) is 9.78 Å². The molecule has 1 N–H and O–H groups in total. The number of ketones is 1. The standard InChI is InChI=1S/C28H22NO2.C15H28O2.Ir/c1-16-11-18-14-25-22(15-24(18)30-16)21-9-10-29-26(27(21)31-25)19-12-17-7-5-6-8-20(17)23(13-19)28(2,3)4;1-7-14(5,8-2)12(16)11-13(17)15(6,9-3)10-4;/h5-11,13-15H,1-4H3;11,16H,7-10H2,1-6H3;/q-1;;/b;12-11-;. The second kappa shape index (κ2) is 14.6. The smallest absolute Gasteiger partial charge is 0.164 e. The minimum absolute atomic E-state index is 0. The fourth-order valence-electron chi connectivity index (χ4n) is 6.22. The molecule has 6 aromatic rings. The number of hydrogen-bond donors (Lipinski definition) is 1. The summed E-state index contributed by atoms with van der Waals surface area (Å²) in [5.41, 5.74) is 4.94. The molecule has 0 aliphatic heterocycles. The average molecular weight is 837 g/mol. The quantitative estimate of drug-likeness (QED) is 0.0939. The predicted molar refractivity (Wildman–Crippen MR) is 200 cm³/mol. The zero-order chi connectivity index (χ0) is 35.0. The van der Waals surface area contributed by atoms with Crippen LogP contribution in [-0.4, -0.2) is 15.9 Å². The van der Waals surface area contributed by atoms with Crippen molar-refractivity contribution < 1.29 is 38.8 Å². The molecule has 6 rings (SSSR count). The van der Waals surface area contributed by atoms with Gasteiger partial charge < -0.3 is 13.9 Å². The number of nitrogens with zero attached hydrogens (tertiary/aromatic N) is 1. The first-order chi connectivity index (χ1) is 22.7. The summed E-state index contributed by atoms with van der Waals surface area (Å²) < 4.78 is 12.2. The van der Waals surface area contributed by atoms with Crippen molar-refractivity contribution in [1.82, 2.24) is 4.98 Å². The molecule has 0 saturated heterocycles. The summed E-state index contributed by atoms with van der Waals surface area (Å²) in [5.74, 6) is 1.18. The molecule has 6 heteroatoms. The molecule has 0 unspecified atom stereocenters. The molecule has 0 aliphatic carbocycles. The first-order valence-corrected chi connectivity index (χ1v) is 17.3. The number of benzene rings is 3. The van der Waals surface area contributed by atoms with Gasteiger partial charge in [0.1, 0.15) is 28.3 Å². The number of hydrogen-bond acceptors (Lipinski definition) is 5. The van der Waals surface area contributed by atoms with Crippen molar-refractivity contribution in [2.75, 3.05) is 0 Å². The summed E-state index contributed by atoms with van der Waals surface area (Å²) in [6, 6.07) is 22.4. The predicted octanol–water partition coefficient (Wildman–Crippen LogP) is 12.6. The van der Waals surface area contributed by atoms with Gasteiger partial charge in [0.05, 0.1) is 0 Å². The number of aliphatic hydroxyl groups is 1. The molecule has 0 atom stereocenters. The molecule has 0 fully saturated rings. The van der Waals surface area contributed by atoms with E-state index in [2.05, 4.69) is 69.3 Å². The molecule has 3 aromatic carbocycles.